The van der Waals surface area contributed by atoms with Crippen LogP contribution in [0.5, 0.6) is 0 Å². The number of hydrogen-bond acceptors (Lipinski definition) is 1. The van der Waals surface area contributed by atoms with Crippen molar-refractivity contribution in [1.82, 2.24) is 0 Å². The van der Waals surface area contributed by atoms with Crippen LogP contribution in [0.3, 0.4) is 0 Å². The maximum absolute atomic E-state index is 4.26. The molecule has 0 aromatic heterocycles. The maximum atomic E-state index is 4.26. The maximum Gasteiger partial charge on any atom is 0.0342 e. The first-order valence-electron chi connectivity index (χ1n) is 5.86. The lowest BCUT2D eigenvalue weighted by molar-refractivity contribution is 1.36. The van der Waals surface area contributed by atoms with Crippen LogP contribution in [-0.4, -0.2) is 6.21 Å². The topological polar surface area (TPSA) is 12.4 Å². The zero-order valence-corrected chi connectivity index (χ0v) is 10.5. The molecule has 0 saturated carbocycles. The van der Waals surface area contributed by atoms with Crippen LogP contribution >= 0.6 is 0 Å². The molecule has 0 saturated heterocycles. The molecule has 0 aliphatic carbocycles. The largest absolute Gasteiger partial charge is 0.264 e. The van der Waals surface area contributed by atoms with Gasteiger partial charge in [0.2, 0.25) is 0 Å². The third-order valence-electron chi connectivity index (χ3n) is 2.31. The van der Waals surface area contributed by atoms with Crippen molar-refractivity contribution in [3.05, 3.63) is 72.0 Å². The molecule has 1 rings (SSSR count). The lowest BCUT2D eigenvalue weighted by Crippen LogP contribution is -1.84. The minimum absolute atomic E-state index is 0.912. The summed E-state index contributed by atoms with van der Waals surface area (Å²) in [6.45, 7) is 4.09. The molecular formula is C16H19N. The van der Waals surface area contributed by atoms with E-state index in [1.165, 1.54) is 11.1 Å². The van der Waals surface area contributed by atoms with Crippen molar-refractivity contribution < 1.29 is 0 Å². The van der Waals surface area contributed by atoms with Gasteiger partial charge in [-0.3, -0.25) is 4.99 Å². The summed E-state index contributed by atoms with van der Waals surface area (Å²) < 4.78 is 0. The summed E-state index contributed by atoms with van der Waals surface area (Å²) in [5.41, 5.74) is 2.42. The van der Waals surface area contributed by atoms with E-state index in [1.807, 2.05) is 55.8 Å². The summed E-state index contributed by atoms with van der Waals surface area (Å²) in [5, 5.41) is 0. The normalized spacial score (nSPS) is 12.6. The van der Waals surface area contributed by atoms with E-state index in [2.05, 4.69) is 30.1 Å². The van der Waals surface area contributed by atoms with Crippen LogP contribution in [0.2, 0.25) is 0 Å². The van der Waals surface area contributed by atoms with E-state index in [0.29, 0.717) is 0 Å². The molecule has 0 bridgehead atoms. The van der Waals surface area contributed by atoms with Crippen LogP contribution in [0.15, 0.2) is 65.8 Å². The number of allylic oxidation sites excluding steroid dienone is 5. The molecule has 88 valence electrons. The summed E-state index contributed by atoms with van der Waals surface area (Å²) in [6, 6.07) is 8.22. The van der Waals surface area contributed by atoms with Gasteiger partial charge in [0.15, 0.2) is 0 Å². The van der Waals surface area contributed by atoms with E-state index in [-0.39, 0.29) is 0 Å². The molecule has 0 N–H and O–H groups in total. The van der Waals surface area contributed by atoms with Crippen LogP contribution in [-0.2, 0) is 0 Å². The molecule has 0 amide bonds. The second-order valence-corrected chi connectivity index (χ2v) is 3.71. The summed E-state index contributed by atoms with van der Waals surface area (Å²) >= 11 is 0. The monoisotopic (exact) mass is 225 g/mol. The van der Waals surface area contributed by atoms with E-state index < -0.39 is 0 Å². The SMILES string of the molecule is C/C=C\C=C/C/C=C/N=C/c1ccccc1C. The number of hydrogen-bond donors (Lipinski definition) is 0. The molecule has 1 aromatic rings. The minimum atomic E-state index is 0.912. The van der Waals surface area contributed by atoms with Crippen molar-refractivity contribution >= 4 is 6.21 Å². The van der Waals surface area contributed by atoms with Crippen LogP contribution in [0, 0.1) is 6.92 Å². The van der Waals surface area contributed by atoms with Gasteiger partial charge >= 0.3 is 0 Å². The van der Waals surface area contributed by atoms with Crippen LogP contribution < -0.4 is 0 Å². The average molecular weight is 225 g/mol. The quantitative estimate of drug-likeness (QED) is 0.518. The molecule has 0 unspecified atom stereocenters. The zero-order valence-electron chi connectivity index (χ0n) is 10.5. The first kappa shape index (κ1) is 13.2. The highest BCUT2D eigenvalue weighted by molar-refractivity contribution is 5.81. The van der Waals surface area contributed by atoms with E-state index in [1.54, 1.807) is 0 Å². The van der Waals surface area contributed by atoms with Gasteiger partial charge in [-0.2, -0.15) is 0 Å². The first-order valence-corrected chi connectivity index (χ1v) is 5.86. The zero-order chi connectivity index (χ0) is 12.3. The van der Waals surface area contributed by atoms with E-state index in [4.69, 9.17) is 0 Å². The Morgan fingerprint density at radius 1 is 1.12 bits per heavy atom. The lowest BCUT2D eigenvalue weighted by Gasteiger charge is -1.95. The molecule has 1 heteroatoms. The predicted molar refractivity (Wildman–Crippen MR) is 76.5 cm³/mol. The fourth-order valence-corrected chi connectivity index (χ4v) is 1.32. The van der Waals surface area contributed by atoms with Crippen molar-refractivity contribution in [1.29, 1.82) is 0 Å². The standard InChI is InChI=1S/C16H19N/c1-3-4-5-6-7-10-13-17-14-16-12-9-8-11-15(16)2/h3-6,8-14H,7H2,1-2H3/b4-3-,6-5-,13-10+,17-14+. The molecule has 1 aromatic carbocycles. The van der Waals surface area contributed by atoms with Crippen LogP contribution in [0.1, 0.15) is 24.5 Å². The Morgan fingerprint density at radius 3 is 2.71 bits per heavy atom. The second-order valence-electron chi connectivity index (χ2n) is 3.71. The Balaban J connectivity index is 2.40. The summed E-state index contributed by atoms with van der Waals surface area (Å²) in [5.74, 6) is 0. The van der Waals surface area contributed by atoms with Crippen LogP contribution in [0.4, 0.5) is 0 Å². The van der Waals surface area contributed by atoms with Gasteiger partial charge in [0.25, 0.3) is 0 Å². The molecule has 0 heterocycles. The van der Waals surface area contributed by atoms with Gasteiger partial charge in [0, 0.05) is 12.4 Å². The molecular weight excluding hydrogens is 206 g/mol. The van der Waals surface area contributed by atoms with Gasteiger partial charge in [-0.05, 0) is 31.4 Å². The van der Waals surface area contributed by atoms with Gasteiger partial charge < -0.3 is 0 Å². The number of nitrogens with zero attached hydrogens (tertiary/aromatic N) is 1. The molecule has 0 aliphatic rings. The first-order chi connectivity index (χ1) is 8.34. The van der Waals surface area contributed by atoms with E-state index in [0.717, 1.165) is 6.42 Å². The molecule has 0 atom stereocenters. The van der Waals surface area contributed by atoms with Gasteiger partial charge in [-0.25, -0.2) is 0 Å². The molecule has 0 spiro atoms. The van der Waals surface area contributed by atoms with E-state index in [9.17, 15) is 0 Å². The summed E-state index contributed by atoms with van der Waals surface area (Å²) in [7, 11) is 0. The third kappa shape index (κ3) is 5.67. The highest BCUT2D eigenvalue weighted by Crippen LogP contribution is 2.03. The predicted octanol–water partition coefficient (Wildman–Crippen LogP) is 4.45. The Bertz CT molecular complexity index is 437. The Hall–Kier alpha value is -1.89. The highest BCUT2D eigenvalue weighted by atomic mass is 14.7. The minimum Gasteiger partial charge on any atom is -0.264 e. The average Bonchev–Trinajstić information content (AvgIpc) is 2.35. The van der Waals surface area contributed by atoms with Gasteiger partial charge in [-0.15, -0.1) is 0 Å². The van der Waals surface area contributed by atoms with Crippen molar-refractivity contribution in [3.63, 3.8) is 0 Å². The molecule has 0 radical (unpaired) electrons. The summed E-state index contributed by atoms with van der Waals surface area (Å²) in [6.07, 6.45) is 14.8. The highest BCUT2D eigenvalue weighted by Gasteiger charge is 1.89. The van der Waals surface area contributed by atoms with Crippen molar-refractivity contribution in [2.45, 2.75) is 20.3 Å². The number of aryl methyl sites for hydroxylation is 1. The molecule has 17 heavy (non-hydrogen) atoms. The van der Waals surface area contributed by atoms with Crippen molar-refractivity contribution in [2.75, 3.05) is 0 Å². The number of benzene rings is 1. The van der Waals surface area contributed by atoms with Crippen molar-refractivity contribution in [2.24, 2.45) is 4.99 Å². The Labute approximate surface area is 104 Å². The Morgan fingerprint density at radius 2 is 1.94 bits per heavy atom. The van der Waals surface area contributed by atoms with Crippen LogP contribution in [0.25, 0.3) is 0 Å². The lowest BCUT2D eigenvalue weighted by atomic mass is 10.1. The molecule has 1 nitrogen and oxygen atoms in total. The fraction of sp³-hybridized carbons (Fsp3) is 0.188. The molecule has 0 aliphatic heterocycles. The fourth-order valence-electron chi connectivity index (χ4n) is 1.32. The third-order valence-corrected chi connectivity index (χ3v) is 2.31. The van der Waals surface area contributed by atoms with Gasteiger partial charge in [0.1, 0.15) is 0 Å². The molecule has 0 fully saturated rings. The van der Waals surface area contributed by atoms with Gasteiger partial charge in [-0.1, -0.05) is 54.6 Å². The number of rotatable bonds is 5. The van der Waals surface area contributed by atoms with E-state index >= 15 is 0 Å². The Kier molecular flexibility index (Phi) is 6.42. The smallest absolute Gasteiger partial charge is 0.0342 e. The van der Waals surface area contributed by atoms with Crippen molar-refractivity contribution in [3.8, 4) is 0 Å². The summed E-state index contributed by atoms with van der Waals surface area (Å²) in [4.78, 5) is 4.26. The second kappa shape index (κ2) is 8.28. The van der Waals surface area contributed by atoms with Gasteiger partial charge in [0.05, 0.1) is 0 Å². The number of aliphatic imine (C=N–C) groups is 1.